The first-order valence-electron chi connectivity index (χ1n) is 10.5. The van der Waals surface area contributed by atoms with Crippen molar-refractivity contribution in [3.8, 4) is 22.3 Å². The number of halogens is 2. The van der Waals surface area contributed by atoms with Crippen LogP contribution in [0, 0.1) is 0 Å². The Labute approximate surface area is 199 Å². The maximum Gasteiger partial charge on any atom is 0.0289 e. The minimum Gasteiger partial charge on any atom is -0.0876 e. The molecule has 0 aliphatic heterocycles. The van der Waals surface area contributed by atoms with Gasteiger partial charge in [-0.2, -0.15) is 0 Å². The standard InChI is InChI=1S/C28H32Br2/c1-27(2,3)23-11-7-19(8-12-23)25-15-22(18-30)26(16-21(25)17-29)20-9-13-24(14-10-20)28(4,5)6/h7-16H,17-18H2,1-6H3. The fourth-order valence-electron chi connectivity index (χ4n) is 3.75. The van der Waals surface area contributed by atoms with Crippen LogP contribution in [0.3, 0.4) is 0 Å². The van der Waals surface area contributed by atoms with Crippen LogP contribution in [-0.2, 0) is 21.5 Å². The molecule has 0 bridgehead atoms. The molecule has 3 aromatic carbocycles. The van der Waals surface area contributed by atoms with Crippen LogP contribution in [0.1, 0.15) is 63.8 Å². The van der Waals surface area contributed by atoms with Crippen molar-refractivity contribution in [2.75, 3.05) is 0 Å². The summed E-state index contributed by atoms with van der Waals surface area (Å²) >= 11 is 7.46. The monoisotopic (exact) mass is 526 g/mol. The van der Waals surface area contributed by atoms with Gasteiger partial charge in [0.1, 0.15) is 0 Å². The van der Waals surface area contributed by atoms with E-state index in [0.717, 1.165) is 10.7 Å². The first-order chi connectivity index (χ1) is 14.0. The molecule has 30 heavy (non-hydrogen) atoms. The van der Waals surface area contributed by atoms with E-state index in [9.17, 15) is 0 Å². The third-order valence-corrected chi connectivity index (χ3v) is 6.95. The molecule has 0 aliphatic carbocycles. The number of rotatable bonds is 4. The normalized spacial score (nSPS) is 12.3. The van der Waals surface area contributed by atoms with Crippen LogP contribution in [0.2, 0.25) is 0 Å². The fraction of sp³-hybridized carbons (Fsp3) is 0.357. The zero-order valence-electron chi connectivity index (χ0n) is 18.9. The van der Waals surface area contributed by atoms with E-state index in [1.54, 1.807) is 0 Å². The molecule has 0 fully saturated rings. The summed E-state index contributed by atoms with van der Waals surface area (Å²) in [7, 11) is 0. The molecule has 0 aromatic heterocycles. The van der Waals surface area contributed by atoms with Gasteiger partial charge in [0.05, 0.1) is 0 Å². The first-order valence-corrected chi connectivity index (χ1v) is 12.8. The van der Waals surface area contributed by atoms with Gasteiger partial charge in [-0.1, -0.05) is 122 Å². The highest BCUT2D eigenvalue weighted by molar-refractivity contribution is 9.08. The zero-order chi connectivity index (χ0) is 22.1. The number of alkyl halides is 2. The van der Waals surface area contributed by atoms with Crippen molar-refractivity contribution in [2.24, 2.45) is 0 Å². The van der Waals surface area contributed by atoms with E-state index in [-0.39, 0.29) is 10.8 Å². The molecule has 0 atom stereocenters. The fourth-order valence-corrected chi connectivity index (χ4v) is 4.68. The molecule has 0 nitrogen and oxygen atoms in total. The lowest BCUT2D eigenvalue weighted by atomic mass is 9.84. The van der Waals surface area contributed by atoms with E-state index in [1.165, 1.54) is 44.5 Å². The van der Waals surface area contributed by atoms with Gasteiger partial charge in [0.15, 0.2) is 0 Å². The second-order valence-electron chi connectivity index (χ2n) is 10.1. The van der Waals surface area contributed by atoms with Gasteiger partial charge in [0.25, 0.3) is 0 Å². The van der Waals surface area contributed by atoms with Gasteiger partial charge in [0, 0.05) is 10.7 Å². The van der Waals surface area contributed by atoms with Crippen molar-refractivity contribution in [3.63, 3.8) is 0 Å². The Bertz CT molecular complexity index is 913. The molecule has 2 heteroatoms. The molecule has 0 heterocycles. The van der Waals surface area contributed by atoms with Crippen LogP contribution >= 0.6 is 31.9 Å². The molecule has 3 rings (SSSR count). The summed E-state index contributed by atoms with van der Waals surface area (Å²) in [5.74, 6) is 0. The van der Waals surface area contributed by atoms with E-state index in [4.69, 9.17) is 0 Å². The summed E-state index contributed by atoms with van der Waals surface area (Å²) in [6.07, 6.45) is 0. The molecule has 0 radical (unpaired) electrons. The van der Waals surface area contributed by atoms with Gasteiger partial charge < -0.3 is 0 Å². The zero-order valence-corrected chi connectivity index (χ0v) is 22.1. The predicted octanol–water partition coefficient (Wildman–Crippen LogP) is 9.41. The molecule has 158 valence electrons. The summed E-state index contributed by atoms with van der Waals surface area (Å²) in [6.45, 7) is 13.6. The lowest BCUT2D eigenvalue weighted by molar-refractivity contribution is 0.590. The Morgan fingerprint density at radius 2 is 0.833 bits per heavy atom. The van der Waals surface area contributed by atoms with Crippen LogP contribution in [0.4, 0.5) is 0 Å². The van der Waals surface area contributed by atoms with Gasteiger partial charge >= 0.3 is 0 Å². The molecular weight excluding hydrogens is 496 g/mol. The minimum absolute atomic E-state index is 0.168. The third-order valence-electron chi connectivity index (χ3n) is 5.74. The first kappa shape index (κ1) is 23.3. The Morgan fingerprint density at radius 3 is 1.07 bits per heavy atom. The predicted molar refractivity (Wildman–Crippen MR) is 140 cm³/mol. The average molecular weight is 528 g/mol. The van der Waals surface area contributed by atoms with Crippen LogP contribution in [0.15, 0.2) is 60.7 Å². The average Bonchev–Trinajstić information content (AvgIpc) is 2.71. The van der Waals surface area contributed by atoms with E-state index < -0.39 is 0 Å². The quantitative estimate of drug-likeness (QED) is 0.296. The Hall–Kier alpha value is -1.38. The summed E-state index contributed by atoms with van der Waals surface area (Å²) in [4.78, 5) is 0. The summed E-state index contributed by atoms with van der Waals surface area (Å²) < 4.78 is 0. The van der Waals surface area contributed by atoms with E-state index in [1.807, 2.05) is 0 Å². The number of hydrogen-bond acceptors (Lipinski definition) is 0. The third kappa shape index (κ3) is 5.08. The highest BCUT2D eigenvalue weighted by Gasteiger charge is 2.17. The van der Waals surface area contributed by atoms with Gasteiger partial charge in [-0.3, -0.25) is 0 Å². The summed E-state index contributed by atoms with van der Waals surface area (Å²) in [5.41, 5.74) is 10.8. The number of benzene rings is 3. The van der Waals surface area contributed by atoms with Crippen LogP contribution in [-0.4, -0.2) is 0 Å². The van der Waals surface area contributed by atoms with Crippen molar-refractivity contribution in [3.05, 3.63) is 82.9 Å². The SMILES string of the molecule is CC(C)(C)c1ccc(-c2cc(CBr)c(-c3ccc(C(C)(C)C)cc3)cc2CBr)cc1. The molecule has 0 aliphatic rings. The second kappa shape index (κ2) is 9.01. The molecule has 0 N–H and O–H groups in total. The minimum atomic E-state index is 0.168. The van der Waals surface area contributed by atoms with Crippen molar-refractivity contribution in [2.45, 2.75) is 63.0 Å². The topological polar surface area (TPSA) is 0 Å². The molecule has 0 spiro atoms. The highest BCUT2D eigenvalue weighted by atomic mass is 79.9. The van der Waals surface area contributed by atoms with Crippen molar-refractivity contribution < 1.29 is 0 Å². The number of hydrogen-bond donors (Lipinski definition) is 0. The van der Waals surface area contributed by atoms with E-state index >= 15 is 0 Å². The van der Waals surface area contributed by atoms with Gasteiger partial charge in [-0.25, -0.2) is 0 Å². The van der Waals surface area contributed by atoms with Crippen LogP contribution in [0.5, 0.6) is 0 Å². The molecule has 0 amide bonds. The Balaban J connectivity index is 2.07. The Kier molecular flexibility index (Phi) is 6.99. The lowest BCUT2D eigenvalue weighted by Crippen LogP contribution is -2.10. The molecule has 0 saturated heterocycles. The molecule has 0 unspecified atom stereocenters. The second-order valence-corrected chi connectivity index (χ2v) is 11.2. The maximum atomic E-state index is 3.73. The van der Waals surface area contributed by atoms with Crippen molar-refractivity contribution in [1.29, 1.82) is 0 Å². The molecule has 3 aromatic rings. The van der Waals surface area contributed by atoms with Crippen LogP contribution < -0.4 is 0 Å². The van der Waals surface area contributed by atoms with E-state index in [2.05, 4.69) is 134 Å². The smallest absolute Gasteiger partial charge is 0.0289 e. The maximum absolute atomic E-state index is 3.73. The van der Waals surface area contributed by atoms with Gasteiger partial charge in [0.2, 0.25) is 0 Å². The van der Waals surface area contributed by atoms with Crippen LogP contribution in [0.25, 0.3) is 22.3 Å². The van der Waals surface area contributed by atoms with Gasteiger partial charge in [-0.05, 0) is 67.5 Å². The largest absolute Gasteiger partial charge is 0.0876 e. The molecular formula is C28H32Br2. The van der Waals surface area contributed by atoms with Gasteiger partial charge in [-0.15, -0.1) is 0 Å². The van der Waals surface area contributed by atoms with Crippen molar-refractivity contribution in [1.82, 2.24) is 0 Å². The van der Waals surface area contributed by atoms with Crippen molar-refractivity contribution >= 4 is 31.9 Å². The lowest BCUT2D eigenvalue weighted by Gasteiger charge is -2.21. The summed E-state index contributed by atoms with van der Waals surface area (Å²) in [6, 6.07) is 22.8. The molecule has 0 saturated carbocycles. The highest BCUT2D eigenvalue weighted by Crippen LogP contribution is 2.36. The van der Waals surface area contributed by atoms with E-state index in [0.29, 0.717) is 0 Å². The summed E-state index contributed by atoms with van der Waals surface area (Å²) in [5, 5.41) is 1.66. The Morgan fingerprint density at radius 1 is 0.533 bits per heavy atom.